The zero-order valence-corrected chi connectivity index (χ0v) is 34.6. The fourth-order valence-electron chi connectivity index (χ4n) is 10.1. The lowest BCUT2D eigenvalue weighted by Gasteiger charge is -2.38. The molecule has 0 spiro atoms. The smallest absolute Gasteiger partial charge is 0.319 e. The fraction of sp³-hybridized carbons (Fsp3) is 0.558. The minimum absolute atomic E-state index is 0.0376. The molecule has 0 unspecified atom stereocenters. The van der Waals surface area contributed by atoms with Crippen molar-refractivity contribution >= 4 is 41.3 Å². The minimum atomic E-state index is -2.47. The maximum Gasteiger partial charge on any atom is 0.319 e. The van der Waals surface area contributed by atoms with Crippen LogP contribution in [0, 0.1) is 28.9 Å². The van der Waals surface area contributed by atoms with Gasteiger partial charge in [-0.3, -0.25) is 4.90 Å². The Morgan fingerprint density at radius 3 is 2.49 bits per heavy atom. The monoisotopic (exact) mass is 806 g/mol. The number of aromatic nitrogens is 3. The average Bonchev–Trinajstić information content (AvgIpc) is 3.74. The number of nitrogen functional groups attached to an aromatic ring is 1. The Kier molecular flexibility index (Phi) is 9.68. The van der Waals surface area contributed by atoms with E-state index in [0.717, 1.165) is 6.07 Å². The molecule has 1 aliphatic carbocycles. The van der Waals surface area contributed by atoms with Crippen LogP contribution in [0.25, 0.3) is 32.9 Å². The van der Waals surface area contributed by atoms with Crippen molar-refractivity contribution in [1.29, 1.82) is 0 Å². The van der Waals surface area contributed by atoms with Gasteiger partial charge in [-0.25, -0.2) is 22.5 Å². The molecule has 3 aliphatic heterocycles. The van der Waals surface area contributed by atoms with Crippen molar-refractivity contribution in [2.24, 2.45) is 0 Å². The first-order valence-electron chi connectivity index (χ1n) is 21.1. The second-order valence-electron chi connectivity index (χ2n) is 17.0. The van der Waals surface area contributed by atoms with Gasteiger partial charge in [0.25, 0.3) is 0 Å². The van der Waals surface area contributed by atoms with Gasteiger partial charge in [-0.1, -0.05) is 47.5 Å². The highest BCUT2D eigenvalue weighted by Crippen LogP contribution is 2.46. The van der Waals surface area contributed by atoms with Crippen LogP contribution in [0.15, 0.2) is 18.2 Å². The summed E-state index contributed by atoms with van der Waals surface area (Å²) in [6.45, 7) is 11.8. The van der Waals surface area contributed by atoms with E-state index in [-0.39, 0.29) is 97.6 Å². The lowest BCUT2D eigenvalue weighted by molar-refractivity contribution is 0.107. The van der Waals surface area contributed by atoms with Gasteiger partial charge in [0.1, 0.15) is 43.2 Å². The first-order valence-corrected chi connectivity index (χ1v) is 22.3. The normalized spacial score (nSPS) is 24.4. The van der Waals surface area contributed by atoms with E-state index in [4.69, 9.17) is 29.9 Å². The Morgan fingerprint density at radius 1 is 1.02 bits per heavy atom. The van der Waals surface area contributed by atoms with Crippen molar-refractivity contribution in [2.45, 2.75) is 114 Å². The summed E-state index contributed by atoms with van der Waals surface area (Å²) in [5.74, 6) is -0.0134. The van der Waals surface area contributed by atoms with Crippen LogP contribution in [-0.2, 0) is 4.74 Å². The van der Waals surface area contributed by atoms with Crippen molar-refractivity contribution in [3.05, 3.63) is 41.2 Å². The first-order chi connectivity index (χ1) is 27.9. The molecule has 2 aromatic heterocycles. The number of rotatable bonds is 9. The number of pyridine rings is 1. The summed E-state index contributed by atoms with van der Waals surface area (Å²) in [4.78, 5) is 17.7. The Labute approximate surface area is 335 Å². The number of anilines is 2. The van der Waals surface area contributed by atoms with Gasteiger partial charge in [0.05, 0.1) is 33.1 Å². The predicted octanol–water partition coefficient (Wildman–Crippen LogP) is 8.75. The summed E-state index contributed by atoms with van der Waals surface area (Å²) >= 11 is 0. The number of fused-ring (bicyclic) bond motifs is 4. The van der Waals surface area contributed by atoms with Crippen LogP contribution in [0.1, 0.15) is 82.0 Å². The highest BCUT2D eigenvalue weighted by atomic mass is 28.3. The molecule has 0 bridgehead atoms. The molecule has 4 aromatic rings. The van der Waals surface area contributed by atoms with Gasteiger partial charge in [0.2, 0.25) is 5.88 Å². The molecule has 304 valence electrons. The third-order valence-electron chi connectivity index (χ3n) is 12.8. The van der Waals surface area contributed by atoms with Gasteiger partial charge in [-0.05, 0) is 72.4 Å². The maximum atomic E-state index is 17.8. The summed E-state index contributed by atoms with van der Waals surface area (Å²) in [5, 5.41) is 0.432. The van der Waals surface area contributed by atoms with Crippen LogP contribution in [-0.4, -0.2) is 91.7 Å². The van der Waals surface area contributed by atoms with Gasteiger partial charge >= 0.3 is 6.01 Å². The fourth-order valence-corrected chi connectivity index (χ4v) is 15.3. The number of ether oxygens (including phenoxy) is 3. The van der Waals surface area contributed by atoms with Crippen LogP contribution in [0.5, 0.6) is 11.9 Å². The molecule has 4 aliphatic rings. The Morgan fingerprint density at radius 2 is 1.77 bits per heavy atom. The molecule has 1 saturated carbocycles. The number of nitrogens with two attached hydrogens (primary N) is 1. The lowest BCUT2D eigenvalue weighted by atomic mass is 9.95. The second-order valence-corrected chi connectivity index (χ2v) is 22.6. The van der Waals surface area contributed by atoms with Crippen molar-refractivity contribution < 1.29 is 34.5 Å². The third-order valence-corrected chi connectivity index (χ3v) is 19.1. The number of benzene rings is 2. The summed E-state index contributed by atoms with van der Waals surface area (Å²) < 4.78 is 101. The Hall–Kier alpha value is -4.19. The van der Waals surface area contributed by atoms with E-state index in [0.29, 0.717) is 45.4 Å². The highest BCUT2D eigenvalue weighted by molar-refractivity contribution is 6.90. The topological polar surface area (TPSA) is 98.9 Å². The van der Waals surface area contributed by atoms with E-state index in [1.54, 1.807) is 4.90 Å². The molecule has 4 atom stereocenters. The molecule has 0 amide bonds. The van der Waals surface area contributed by atoms with Crippen LogP contribution in [0.2, 0.25) is 16.6 Å². The van der Waals surface area contributed by atoms with Gasteiger partial charge in [0, 0.05) is 42.8 Å². The largest absolute Gasteiger partial charge is 0.480 e. The maximum absolute atomic E-state index is 17.8. The first kappa shape index (κ1) is 37.1. The number of hydrogen-bond donors (Lipinski definition) is 1. The lowest BCUT2D eigenvalue weighted by Crippen LogP contribution is -2.43. The number of nitrogens with zero attached hydrogens (tertiary/aromatic N) is 5. The summed E-state index contributed by atoms with van der Waals surface area (Å²) in [6.07, 6.45) is 0.987. The van der Waals surface area contributed by atoms with Crippen molar-refractivity contribution in [3.63, 3.8) is 0 Å². The molecule has 4 fully saturated rings. The Bertz CT molecular complexity index is 2370. The third kappa shape index (κ3) is 6.67. The molecule has 0 radical (unpaired) electrons. The number of alkyl halides is 1. The van der Waals surface area contributed by atoms with Crippen molar-refractivity contribution in [2.75, 3.05) is 50.5 Å². The van der Waals surface area contributed by atoms with Gasteiger partial charge in [0.15, 0.2) is 17.5 Å². The summed E-state index contributed by atoms with van der Waals surface area (Å²) in [5.41, 5.74) is 8.53. The molecule has 2 N–H and O–H groups in total. The summed E-state index contributed by atoms with van der Waals surface area (Å²) in [7, 11) is -1.09. The van der Waals surface area contributed by atoms with E-state index in [1.807, 2.05) is 4.90 Å². The van der Waals surface area contributed by atoms with Crippen LogP contribution < -0.4 is 20.1 Å². The van der Waals surface area contributed by atoms with E-state index in [9.17, 15) is 7.13 Å². The van der Waals surface area contributed by atoms with Crippen LogP contribution in [0.4, 0.5) is 29.1 Å². The van der Waals surface area contributed by atoms with E-state index >= 15 is 13.2 Å². The highest BCUT2D eigenvalue weighted by Gasteiger charge is 2.50. The Balaban J connectivity index is 1.38. The molecule has 8 rings (SSSR count). The molecule has 14 heteroatoms. The van der Waals surface area contributed by atoms with E-state index in [2.05, 4.69) is 58.0 Å². The zero-order valence-electron chi connectivity index (χ0n) is 35.6. The van der Waals surface area contributed by atoms with E-state index in [1.165, 1.54) is 19.2 Å². The number of halogens is 4. The number of methoxy groups -OCH3 is 1. The summed E-state index contributed by atoms with van der Waals surface area (Å²) in [6, 6.07) is 3.39. The molecular formula is C43H52F4N6O3Si. The average molecular weight is 807 g/mol. The molecule has 5 heterocycles. The number of hydrogen-bond acceptors (Lipinski definition) is 9. The van der Waals surface area contributed by atoms with Gasteiger partial charge < -0.3 is 24.8 Å². The van der Waals surface area contributed by atoms with Crippen molar-refractivity contribution in [3.8, 4) is 34.6 Å². The quantitative estimate of drug-likeness (QED) is 0.0771. The standard InChI is InChI=1S/C43H52F4N6O3Si/c1-23(2)57(24(3)4,25(5)6)15-10-29-34-26(17-31(45)36(29)46)16-28(48)18-30(34)38-37(47)39-35(41(49-38)54-7)40(53-13-9-14-55-33-19-32(33)53)51-42(50-39)56-22-43-11-8-12-52(43)21-27(44)20-43/h16-18,23-25,27,32-33H,8-9,11-14,19-22,48H2,1-7H3/t27-,32+,33-,43+/m1/s1/i22D2. The minimum Gasteiger partial charge on any atom is -0.480 e. The zero-order chi connectivity index (χ0) is 42.3. The van der Waals surface area contributed by atoms with Crippen LogP contribution >= 0.6 is 0 Å². The SMILES string of the molecule is [2H]C([2H])(Oc1nc(N2CCCO[C@@H]3C[C@@H]32)c2c(OC)nc(-c3cc(N)cc4cc(F)c(F)c(C#C[Si](C(C)C)(C(C)C)C(C)C)c34)c(F)c2n1)[C@@]12CCCN1C[C@H](F)C2. The molecule has 3 saturated heterocycles. The molecule has 9 nitrogen and oxygen atoms in total. The second kappa shape index (κ2) is 14.9. The molecule has 57 heavy (non-hydrogen) atoms. The predicted molar refractivity (Wildman–Crippen MR) is 218 cm³/mol. The molecule has 2 aromatic carbocycles. The van der Waals surface area contributed by atoms with Gasteiger partial charge in [-0.15, -0.1) is 5.54 Å². The van der Waals surface area contributed by atoms with Crippen LogP contribution in [0.3, 0.4) is 0 Å². The molecular weight excluding hydrogens is 753 g/mol. The van der Waals surface area contributed by atoms with Crippen molar-refractivity contribution in [1.82, 2.24) is 19.9 Å². The van der Waals surface area contributed by atoms with E-state index < -0.39 is 49.8 Å². The van der Waals surface area contributed by atoms with Gasteiger partial charge in [-0.2, -0.15) is 9.97 Å².